The smallest absolute Gasteiger partial charge is 0.0664 e. The third kappa shape index (κ3) is 1.80. The molecule has 4 unspecified atom stereocenters. The van der Waals surface area contributed by atoms with Crippen LogP contribution in [0.2, 0.25) is 0 Å². The molecule has 1 rings (SSSR count). The van der Waals surface area contributed by atoms with E-state index < -0.39 is 0 Å². The van der Waals surface area contributed by atoms with Gasteiger partial charge in [-0.25, -0.2) is 0 Å². The molecule has 1 aliphatic rings. The van der Waals surface area contributed by atoms with Crippen LogP contribution in [0, 0.1) is 5.92 Å². The first kappa shape index (κ1) is 10.0. The average Bonchev–Trinajstić information content (AvgIpc) is 2.32. The van der Waals surface area contributed by atoms with Crippen LogP contribution in [0.15, 0.2) is 0 Å². The second-order valence-corrected chi connectivity index (χ2v) is 4.23. The SMILES string of the molecule is CC(O)C(C)N1CCC(C)C1C. The van der Waals surface area contributed by atoms with Gasteiger partial charge in [-0.3, -0.25) is 4.90 Å². The van der Waals surface area contributed by atoms with E-state index in [0.717, 1.165) is 12.5 Å². The molecule has 0 amide bonds. The van der Waals surface area contributed by atoms with Crippen LogP contribution in [0.4, 0.5) is 0 Å². The molecular formula is C10H21NO. The zero-order valence-electron chi connectivity index (χ0n) is 8.62. The third-order valence-electron chi connectivity index (χ3n) is 3.41. The number of aliphatic hydroxyl groups excluding tert-OH is 1. The van der Waals surface area contributed by atoms with Crippen LogP contribution in [0.25, 0.3) is 0 Å². The van der Waals surface area contributed by atoms with E-state index in [-0.39, 0.29) is 6.10 Å². The Hall–Kier alpha value is -0.0800. The molecule has 4 atom stereocenters. The van der Waals surface area contributed by atoms with Gasteiger partial charge in [-0.1, -0.05) is 6.92 Å². The molecule has 0 saturated carbocycles. The van der Waals surface area contributed by atoms with Crippen LogP contribution >= 0.6 is 0 Å². The first-order valence-corrected chi connectivity index (χ1v) is 4.98. The molecule has 0 bridgehead atoms. The summed E-state index contributed by atoms with van der Waals surface area (Å²) >= 11 is 0. The molecule has 0 aromatic heterocycles. The Labute approximate surface area is 75.6 Å². The molecule has 12 heavy (non-hydrogen) atoms. The van der Waals surface area contributed by atoms with Crippen molar-refractivity contribution >= 4 is 0 Å². The molecule has 0 aromatic carbocycles. The summed E-state index contributed by atoms with van der Waals surface area (Å²) in [6, 6.07) is 0.944. The quantitative estimate of drug-likeness (QED) is 0.680. The number of hydrogen-bond acceptors (Lipinski definition) is 2. The first-order chi connectivity index (χ1) is 5.54. The van der Waals surface area contributed by atoms with Crippen molar-refractivity contribution in [3.05, 3.63) is 0 Å². The van der Waals surface area contributed by atoms with Crippen molar-refractivity contribution in [3.63, 3.8) is 0 Å². The van der Waals surface area contributed by atoms with E-state index in [1.165, 1.54) is 6.42 Å². The fraction of sp³-hybridized carbons (Fsp3) is 1.00. The second-order valence-electron chi connectivity index (χ2n) is 4.23. The zero-order valence-corrected chi connectivity index (χ0v) is 8.62. The van der Waals surface area contributed by atoms with Crippen molar-refractivity contribution in [2.75, 3.05) is 6.54 Å². The van der Waals surface area contributed by atoms with E-state index in [9.17, 15) is 5.11 Å². The highest BCUT2D eigenvalue weighted by molar-refractivity contribution is 4.86. The maximum absolute atomic E-state index is 9.44. The maximum atomic E-state index is 9.44. The van der Waals surface area contributed by atoms with E-state index in [1.54, 1.807) is 0 Å². The van der Waals surface area contributed by atoms with Crippen LogP contribution < -0.4 is 0 Å². The zero-order chi connectivity index (χ0) is 9.30. The lowest BCUT2D eigenvalue weighted by Crippen LogP contribution is -2.43. The lowest BCUT2D eigenvalue weighted by atomic mass is 10.0. The van der Waals surface area contributed by atoms with Gasteiger partial charge in [0.05, 0.1) is 6.10 Å². The third-order valence-corrected chi connectivity index (χ3v) is 3.41. The van der Waals surface area contributed by atoms with E-state index >= 15 is 0 Å². The molecule has 1 aliphatic heterocycles. The molecule has 0 aliphatic carbocycles. The molecule has 2 heteroatoms. The number of rotatable bonds is 2. The first-order valence-electron chi connectivity index (χ1n) is 4.98. The van der Waals surface area contributed by atoms with Crippen molar-refractivity contribution in [1.82, 2.24) is 4.90 Å². The van der Waals surface area contributed by atoms with E-state index in [2.05, 4.69) is 25.7 Å². The van der Waals surface area contributed by atoms with E-state index in [4.69, 9.17) is 0 Å². The summed E-state index contributed by atoms with van der Waals surface area (Å²) in [4.78, 5) is 2.41. The average molecular weight is 171 g/mol. The van der Waals surface area contributed by atoms with Crippen LogP contribution in [0.5, 0.6) is 0 Å². The molecule has 0 spiro atoms. The number of aliphatic hydroxyl groups is 1. The lowest BCUT2D eigenvalue weighted by Gasteiger charge is -2.31. The minimum absolute atomic E-state index is 0.210. The summed E-state index contributed by atoms with van der Waals surface area (Å²) in [7, 11) is 0. The van der Waals surface area contributed by atoms with Crippen molar-refractivity contribution in [3.8, 4) is 0 Å². The molecule has 1 saturated heterocycles. The van der Waals surface area contributed by atoms with Crippen molar-refractivity contribution in [2.45, 2.75) is 52.3 Å². The van der Waals surface area contributed by atoms with Crippen molar-refractivity contribution < 1.29 is 5.11 Å². The van der Waals surface area contributed by atoms with Gasteiger partial charge in [0.2, 0.25) is 0 Å². The minimum Gasteiger partial charge on any atom is -0.392 e. The largest absolute Gasteiger partial charge is 0.392 e. The van der Waals surface area contributed by atoms with Gasteiger partial charge >= 0.3 is 0 Å². The Kier molecular flexibility index (Phi) is 3.13. The molecule has 1 fully saturated rings. The molecule has 0 radical (unpaired) electrons. The normalized spacial score (nSPS) is 36.8. The number of likely N-dealkylation sites (tertiary alicyclic amines) is 1. The van der Waals surface area contributed by atoms with Crippen molar-refractivity contribution in [2.24, 2.45) is 5.92 Å². The summed E-state index contributed by atoms with van der Waals surface area (Å²) in [5.74, 6) is 0.784. The summed E-state index contributed by atoms with van der Waals surface area (Å²) in [6.07, 6.45) is 1.07. The summed E-state index contributed by atoms with van der Waals surface area (Å²) < 4.78 is 0. The minimum atomic E-state index is -0.210. The Morgan fingerprint density at radius 1 is 1.33 bits per heavy atom. The Bertz CT molecular complexity index is 147. The predicted octanol–water partition coefficient (Wildman–Crippen LogP) is 1.49. The van der Waals surface area contributed by atoms with Gasteiger partial charge in [-0.05, 0) is 39.7 Å². The van der Waals surface area contributed by atoms with Crippen molar-refractivity contribution in [1.29, 1.82) is 0 Å². The van der Waals surface area contributed by atoms with Crippen LogP contribution in [-0.4, -0.2) is 34.7 Å². The predicted molar refractivity (Wildman–Crippen MR) is 51.1 cm³/mol. The lowest BCUT2D eigenvalue weighted by molar-refractivity contribution is 0.0626. The van der Waals surface area contributed by atoms with E-state index in [0.29, 0.717) is 12.1 Å². The Morgan fingerprint density at radius 3 is 2.25 bits per heavy atom. The highest BCUT2D eigenvalue weighted by atomic mass is 16.3. The summed E-state index contributed by atoms with van der Waals surface area (Å²) in [6.45, 7) is 9.68. The van der Waals surface area contributed by atoms with Crippen LogP contribution in [-0.2, 0) is 0 Å². The molecule has 0 aromatic rings. The standard InChI is InChI=1S/C10H21NO/c1-7-5-6-11(8(7)2)9(3)10(4)12/h7-10,12H,5-6H2,1-4H3. The van der Waals surface area contributed by atoms with Gasteiger partial charge in [0.15, 0.2) is 0 Å². The van der Waals surface area contributed by atoms with Crippen LogP contribution in [0.1, 0.15) is 34.1 Å². The molecule has 72 valence electrons. The number of hydrogen-bond donors (Lipinski definition) is 1. The fourth-order valence-electron chi connectivity index (χ4n) is 1.98. The fourth-order valence-corrected chi connectivity index (χ4v) is 1.98. The summed E-state index contributed by atoms with van der Waals surface area (Å²) in [5, 5.41) is 9.44. The highest BCUT2D eigenvalue weighted by Gasteiger charge is 2.31. The summed E-state index contributed by atoms with van der Waals surface area (Å²) in [5.41, 5.74) is 0. The molecular weight excluding hydrogens is 150 g/mol. The molecule has 1 heterocycles. The Balaban J connectivity index is 2.53. The highest BCUT2D eigenvalue weighted by Crippen LogP contribution is 2.26. The van der Waals surface area contributed by atoms with Gasteiger partial charge in [-0.15, -0.1) is 0 Å². The topological polar surface area (TPSA) is 23.5 Å². The van der Waals surface area contributed by atoms with Gasteiger partial charge in [-0.2, -0.15) is 0 Å². The second kappa shape index (κ2) is 3.75. The van der Waals surface area contributed by atoms with Gasteiger partial charge in [0.1, 0.15) is 0 Å². The molecule has 2 nitrogen and oxygen atoms in total. The van der Waals surface area contributed by atoms with Gasteiger partial charge < -0.3 is 5.11 Å². The molecule has 1 N–H and O–H groups in total. The van der Waals surface area contributed by atoms with E-state index in [1.807, 2.05) is 6.92 Å². The maximum Gasteiger partial charge on any atom is 0.0664 e. The monoisotopic (exact) mass is 171 g/mol. The number of nitrogens with zero attached hydrogens (tertiary/aromatic N) is 1. The Morgan fingerprint density at radius 2 is 1.92 bits per heavy atom. The van der Waals surface area contributed by atoms with Gasteiger partial charge in [0.25, 0.3) is 0 Å². The van der Waals surface area contributed by atoms with Gasteiger partial charge in [0, 0.05) is 12.1 Å². The van der Waals surface area contributed by atoms with Crippen LogP contribution in [0.3, 0.4) is 0 Å².